The minimum atomic E-state index is -1.08. The van der Waals surface area contributed by atoms with E-state index in [0.717, 1.165) is 110 Å². The molecule has 1 heterocycles. The number of rotatable bonds is 14. The van der Waals surface area contributed by atoms with Crippen LogP contribution < -0.4 is 91.5 Å². The van der Waals surface area contributed by atoms with Gasteiger partial charge < -0.3 is 68.0 Å². The van der Waals surface area contributed by atoms with Gasteiger partial charge in [-0.3, -0.25) is 0 Å². The summed E-state index contributed by atoms with van der Waals surface area (Å²) in [4.78, 5) is 26.7. The van der Waals surface area contributed by atoms with Crippen molar-refractivity contribution in [3.63, 3.8) is 0 Å². The summed E-state index contributed by atoms with van der Waals surface area (Å²) < 4.78 is 5.72. The molecule has 0 bridgehead atoms. The maximum Gasteiger partial charge on any atom is 1.00 e. The molecule has 1 aliphatic heterocycles. The molecule has 0 aromatic carbocycles. The van der Waals surface area contributed by atoms with Crippen molar-refractivity contribution >= 4 is 42.3 Å². The first-order chi connectivity index (χ1) is 22.6. The van der Waals surface area contributed by atoms with E-state index in [2.05, 4.69) is 103 Å². The van der Waals surface area contributed by atoms with E-state index in [4.69, 9.17) is 29.7 Å². The first kappa shape index (κ1) is 78.2. The van der Waals surface area contributed by atoms with E-state index >= 15 is 0 Å². The normalized spacial score (nSPS) is 14.1. The predicted molar refractivity (Wildman–Crippen MR) is 218 cm³/mol. The Balaban J connectivity index is -0.0000000533. The van der Waals surface area contributed by atoms with Crippen molar-refractivity contribution in [1.82, 2.24) is 0 Å². The Kier molecular flexibility index (Phi) is 68.3. The van der Waals surface area contributed by atoms with E-state index in [0.29, 0.717) is 0 Å². The molecular formula is C40H82Cl2InKN4O6. The molecule has 316 valence electrons. The van der Waals surface area contributed by atoms with Crippen LogP contribution in [0.2, 0.25) is 4.18 Å². The topological polar surface area (TPSA) is 120 Å². The minimum Gasteiger partial charge on any atom is -1.00 e. The molecule has 0 radical (unpaired) electrons. The quantitative estimate of drug-likeness (QED) is 0.0972. The third-order valence-corrected chi connectivity index (χ3v) is 9.91. The standard InChI is InChI=1S/C9H19N.3C8H16N.3C2H4O2.CH4.2ClH.In.K.2H/c1-5-9-7-10(3,4)6-8(9)2;3*1-5-7-9(3,4)8-6-2;3*1-2(3)4;;;;;;;/h8-9H,2,5-7H2,1,3-4H3;3*5-6H,1-2,7-8H2,3-4H3;3*1H3,(H,3,4);1H4;2*1H;;;;/q4*+1;;;;;;;;+1;;/p-5. The van der Waals surface area contributed by atoms with Gasteiger partial charge in [0.25, 0.3) is 0 Å². The summed E-state index contributed by atoms with van der Waals surface area (Å²) in [5.41, 5.74) is 0. The van der Waals surface area contributed by atoms with Crippen molar-refractivity contribution < 1.29 is 124 Å². The van der Waals surface area contributed by atoms with Gasteiger partial charge >= 0.3 is 137 Å². The summed E-state index contributed by atoms with van der Waals surface area (Å²) in [5, 5.41) is 26.7. The van der Waals surface area contributed by atoms with Crippen molar-refractivity contribution in [3.05, 3.63) is 75.9 Å². The molecule has 0 aliphatic carbocycles. The maximum atomic E-state index is 8.89. The Morgan fingerprint density at radius 2 is 0.759 bits per heavy atom. The van der Waals surface area contributed by atoms with Crippen molar-refractivity contribution in [2.45, 2.75) is 45.7 Å². The summed E-state index contributed by atoms with van der Waals surface area (Å²) in [6.45, 7) is 36.3. The average molecular weight is 940 g/mol. The van der Waals surface area contributed by atoms with E-state index in [-0.39, 0.29) is 83.6 Å². The summed E-state index contributed by atoms with van der Waals surface area (Å²) >= 11 is 0.913. The second-order valence-corrected chi connectivity index (χ2v) is 17.1. The van der Waals surface area contributed by atoms with Gasteiger partial charge in [-0.15, -0.1) is 0 Å². The zero-order chi connectivity index (χ0) is 41.2. The number of carbonyl (C=O) groups excluding carboxylic acids is 3. The van der Waals surface area contributed by atoms with Crippen LogP contribution in [-0.2, 0) is 14.4 Å². The number of nitrogens with zero attached hydrogens (tertiary/aromatic N) is 4. The molecule has 10 nitrogen and oxygen atoms in total. The maximum absolute atomic E-state index is 8.89. The van der Waals surface area contributed by atoms with Crippen LogP contribution in [0.3, 0.4) is 0 Å². The van der Waals surface area contributed by atoms with E-state index in [9.17, 15) is 0 Å². The van der Waals surface area contributed by atoms with Crippen molar-refractivity contribution in [3.8, 4) is 0 Å². The van der Waals surface area contributed by atoms with Gasteiger partial charge in [-0.2, -0.15) is 0 Å². The molecule has 0 amide bonds. The third kappa shape index (κ3) is 76.5. The van der Waals surface area contributed by atoms with Crippen LogP contribution in [0.1, 0.15) is 41.5 Å². The third-order valence-electron chi connectivity index (χ3n) is 6.91. The number of likely N-dealkylation sites (N-methyl/N-ethyl adjacent to an activating group) is 3. The fourth-order valence-electron chi connectivity index (χ4n) is 4.89. The average Bonchev–Trinajstić information content (AvgIpc) is 3.22. The Hall–Kier alpha value is -0.224. The van der Waals surface area contributed by atoms with Crippen LogP contribution in [0.5, 0.6) is 0 Å². The van der Waals surface area contributed by atoms with Gasteiger partial charge in [-0.25, -0.2) is 0 Å². The summed E-state index contributed by atoms with van der Waals surface area (Å²) in [5.74, 6) is -1.11. The Morgan fingerprint density at radius 3 is 0.870 bits per heavy atom. The van der Waals surface area contributed by atoms with E-state index in [1.54, 1.807) is 4.18 Å². The first-order valence-corrected chi connectivity index (χ1v) is 21.1. The number of carbonyl (C=O) groups is 3. The Labute approximate surface area is 404 Å². The van der Waals surface area contributed by atoms with E-state index in [1.807, 2.05) is 36.5 Å². The zero-order valence-corrected chi connectivity index (χ0v) is 46.8. The fourth-order valence-corrected chi connectivity index (χ4v) is 7.53. The molecule has 1 aliphatic rings. The number of carboxylic acids is 3. The number of likely N-dealkylation sites (tertiary alicyclic amines) is 1. The summed E-state index contributed by atoms with van der Waals surface area (Å²) in [7, 11) is 17.7. The molecule has 0 saturated carbocycles. The fraction of sp³-hybridized carbons (Fsp3) is 0.625. The van der Waals surface area contributed by atoms with Crippen molar-refractivity contribution in [2.75, 3.05) is 109 Å². The number of quaternary nitrogens is 4. The van der Waals surface area contributed by atoms with Gasteiger partial charge in [0.1, 0.15) is 0 Å². The molecule has 2 atom stereocenters. The predicted octanol–water partition coefficient (Wildman–Crippen LogP) is -7.01. The van der Waals surface area contributed by atoms with Crippen molar-refractivity contribution in [2.24, 2.45) is 11.8 Å². The second-order valence-electron chi connectivity index (χ2n) is 14.7. The molecular weight excluding hydrogens is 857 g/mol. The van der Waals surface area contributed by atoms with Crippen LogP contribution in [0.4, 0.5) is 0 Å². The molecule has 0 spiro atoms. The van der Waals surface area contributed by atoms with Crippen molar-refractivity contribution in [1.29, 1.82) is 0 Å². The van der Waals surface area contributed by atoms with E-state index in [1.165, 1.54) is 24.0 Å². The molecule has 1 fully saturated rings. The number of carboxylic acid groups (broad SMARTS) is 3. The number of aliphatic carboxylic acids is 3. The molecule has 14 heteroatoms. The van der Waals surface area contributed by atoms with Crippen LogP contribution in [0.25, 0.3) is 0 Å². The monoisotopic (exact) mass is 938 g/mol. The number of hydrogen-bond donors (Lipinski definition) is 0. The Bertz CT molecular complexity index is 825. The smallest absolute Gasteiger partial charge is 1.00 e. The second kappa shape index (κ2) is 47.2. The molecule has 1 saturated heterocycles. The number of hydrogen-bond acceptors (Lipinski definition) is 6. The largest absolute Gasteiger partial charge is 1.00 e. The van der Waals surface area contributed by atoms with Gasteiger partial charge in [0, 0.05) is 17.9 Å². The molecule has 2 unspecified atom stereocenters. The van der Waals surface area contributed by atoms with Crippen LogP contribution in [0.15, 0.2) is 75.9 Å². The van der Waals surface area contributed by atoms with Gasteiger partial charge in [-0.1, -0.05) is 46.9 Å². The molecule has 0 aromatic heterocycles. The van der Waals surface area contributed by atoms with Gasteiger partial charge in [0.2, 0.25) is 0 Å². The summed E-state index contributed by atoms with van der Waals surface area (Å²) in [6, 6.07) is 0. The number of halogens is 2. The first-order valence-electron chi connectivity index (χ1n) is 17.1. The van der Waals surface area contributed by atoms with E-state index < -0.39 is 17.9 Å². The van der Waals surface area contributed by atoms with Crippen LogP contribution in [-0.4, -0.2) is 169 Å². The minimum absolute atomic E-state index is 0. The summed E-state index contributed by atoms with van der Waals surface area (Å²) in [6.07, 6.45) is 13.0. The molecule has 1 rings (SSSR count). The molecule has 0 aromatic rings. The van der Waals surface area contributed by atoms with Gasteiger partial charge in [0.05, 0.1) is 81.6 Å². The van der Waals surface area contributed by atoms with Gasteiger partial charge in [0.15, 0.2) is 0 Å². The zero-order valence-electron chi connectivity index (χ0n) is 36.4. The molecule has 0 N–H and O–H groups in total. The SMILES string of the molecule is C.C=CC[N+](C)(C)CC=C.C=CC[N+](C)(C)CC=C.C=CC[N+](C)(C)CC=C.CC(=O)[O-].CC(=O)[O-].CC(=O)[O-].CCC1C[N+](C)(C)CC1[CH2][InH2].[Cl-].[Cl-].[K+]. The van der Waals surface area contributed by atoms with Crippen LogP contribution in [0, 0.1) is 11.8 Å². The molecule has 54 heavy (non-hydrogen) atoms. The van der Waals surface area contributed by atoms with Crippen LogP contribution >= 0.6 is 0 Å². The van der Waals surface area contributed by atoms with Gasteiger partial charge in [-0.05, 0) is 57.2 Å². The Morgan fingerprint density at radius 1 is 0.593 bits per heavy atom.